The average molecular weight is 448 g/mol. The van der Waals surface area contributed by atoms with Gasteiger partial charge in [0, 0.05) is 23.5 Å². The van der Waals surface area contributed by atoms with E-state index < -0.39 is 17.5 Å². The number of urea groups is 1. The van der Waals surface area contributed by atoms with Crippen LogP contribution < -0.4 is 5.32 Å². The number of nitrogens with zero attached hydrogens (tertiary/aromatic N) is 2. The minimum absolute atomic E-state index is 0.274. The summed E-state index contributed by atoms with van der Waals surface area (Å²) in [5.74, 6) is -1.02. The summed E-state index contributed by atoms with van der Waals surface area (Å²) in [5.41, 5.74) is 2.63. The van der Waals surface area contributed by atoms with Crippen LogP contribution in [0, 0.1) is 19.7 Å². The molecule has 3 aromatic rings. The molecule has 0 bridgehead atoms. The minimum Gasteiger partial charge on any atom is -0.348 e. The quantitative estimate of drug-likeness (QED) is 0.437. The molecule has 1 saturated heterocycles. The van der Waals surface area contributed by atoms with Gasteiger partial charge in [-0.2, -0.15) is 0 Å². The molecule has 7 heteroatoms. The standard InChI is InChI=1S/C26H26FN3O3/c1-17-15-22(18(2)29(17)14-13-19-9-11-21(27)12-10-19)23(31)16-30-24(32)26(3,28-25(30)33)20-7-5-4-6-8-20/h4-12,15H,13-14,16H2,1-3H3,(H,28,33)/t26-/m0/s1. The first-order chi connectivity index (χ1) is 15.7. The predicted molar refractivity (Wildman–Crippen MR) is 122 cm³/mol. The van der Waals surface area contributed by atoms with Gasteiger partial charge in [0.25, 0.3) is 5.91 Å². The van der Waals surface area contributed by atoms with E-state index in [1.54, 1.807) is 49.4 Å². The van der Waals surface area contributed by atoms with E-state index in [2.05, 4.69) is 5.32 Å². The van der Waals surface area contributed by atoms with Crippen molar-refractivity contribution < 1.29 is 18.8 Å². The molecule has 170 valence electrons. The summed E-state index contributed by atoms with van der Waals surface area (Å²) in [6.07, 6.45) is 0.687. The van der Waals surface area contributed by atoms with Gasteiger partial charge >= 0.3 is 6.03 Å². The SMILES string of the molecule is Cc1cc(C(=O)CN2C(=O)N[C@@](C)(c3ccccc3)C2=O)c(C)n1CCc1ccc(F)cc1. The van der Waals surface area contributed by atoms with E-state index in [0.717, 1.165) is 21.9 Å². The van der Waals surface area contributed by atoms with Gasteiger partial charge in [-0.05, 0) is 56.5 Å². The van der Waals surface area contributed by atoms with E-state index in [4.69, 9.17) is 0 Å². The maximum Gasteiger partial charge on any atom is 0.325 e. The highest BCUT2D eigenvalue weighted by Crippen LogP contribution is 2.29. The summed E-state index contributed by atoms with van der Waals surface area (Å²) in [4.78, 5) is 39.8. The van der Waals surface area contributed by atoms with Gasteiger partial charge in [0.05, 0.1) is 6.54 Å². The lowest BCUT2D eigenvalue weighted by atomic mass is 9.92. The van der Waals surface area contributed by atoms with Crippen LogP contribution >= 0.6 is 0 Å². The molecule has 1 atom stereocenters. The second-order valence-electron chi connectivity index (χ2n) is 8.55. The Morgan fingerprint density at radius 2 is 1.70 bits per heavy atom. The first-order valence-corrected chi connectivity index (χ1v) is 10.8. The van der Waals surface area contributed by atoms with Crippen molar-refractivity contribution >= 4 is 17.7 Å². The first kappa shape index (κ1) is 22.5. The van der Waals surface area contributed by atoms with Gasteiger partial charge in [0.15, 0.2) is 5.78 Å². The number of aromatic nitrogens is 1. The number of benzene rings is 2. The molecule has 2 aromatic carbocycles. The maximum atomic E-state index is 13.1. The van der Waals surface area contributed by atoms with E-state index in [-0.39, 0.29) is 18.1 Å². The summed E-state index contributed by atoms with van der Waals surface area (Å²) < 4.78 is 15.2. The van der Waals surface area contributed by atoms with Crippen molar-refractivity contribution in [3.8, 4) is 0 Å². The monoisotopic (exact) mass is 447 g/mol. The highest BCUT2D eigenvalue weighted by atomic mass is 19.1. The van der Waals surface area contributed by atoms with Crippen molar-refractivity contribution in [2.45, 2.75) is 39.3 Å². The minimum atomic E-state index is -1.20. The highest BCUT2D eigenvalue weighted by molar-refractivity contribution is 6.11. The molecule has 0 saturated carbocycles. The normalized spacial score (nSPS) is 18.0. The van der Waals surface area contributed by atoms with Crippen LogP contribution in [0.1, 0.15) is 39.8 Å². The van der Waals surface area contributed by atoms with E-state index >= 15 is 0 Å². The summed E-state index contributed by atoms with van der Waals surface area (Å²) in [6.45, 7) is 5.72. The van der Waals surface area contributed by atoms with E-state index in [9.17, 15) is 18.8 Å². The van der Waals surface area contributed by atoms with Gasteiger partial charge in [-0.15, -0.1) is 0 Å². The second-order valence-corrected chi connectivity index (χ2v) is 8.55. The molecule has 0 unspecified atom stereocenters. The molecule has 1 aliphatic heterocycles. The number of carbonyl (C=O) groups is 3. The zero-order valence-electron chi connectivity index (χ0n) is 18.9. The molecule has 1 aromatic heterocycles. The lowest BCUT2D eigenvalue weighted by molar-refractivity contribution is -0.130. The summed E-state index contributed by atoms with van der Waals surface area (Å²) >= 11 is 0. The molecule has 1 fully saturated rings. The molecule has 0 radical (unpaired) electrons. The summed E-state index contributed by atoms with van der Waals surface area (Å²) in [5, 5.41) is 2.73. The second kappa shape index (κ2) is 8.65. The van der Waals surface area contributed by atoms with Crippen LogP contribution in [-0.4, -0.2) is 33.7 Å². The van der Waals surface area contributed by atoms with Crippen LogP contribution in [0.3, 0.4) is 0 Å². The smallest absolute Gasteiger partial charge is 0.325 e. The zero-order chi connectivity index (χ0) is 23.8. The Labute approximate surface area is 192 Å². The third-order valence-corrected chi connectivity index (χ3v) is 6.34. The number of ketones is 1. The Morgan fingerprint density at radius 1 is 1.03 bits per heavy atom. The molecule has 3 amide bonds. The molecular weight excluding hydrogens is 421 g/mol. The first-order valence-electron chi connectivity index (χ1n) is 10.8. The molecule has 2 heterocycles. The number of nitrogens with one attached hydrogen (secondary N) is 1. The number of imide groups is 1. The van der Waals surface area contributed by atoms with Crippen molar-refractivity contribution in [2.24, 2.45) is 0 Å². The van der Waals surface area contributed by atoms with E-state index in [1.165, 1.54) is 12.1 Å². The highest BCUT2D eigenvalue weighted by Gasteiger charge is 2.49. The van der Waals surface area contributed by atoms with E-state index in [1.807, 2.05) is 24.5 Å². The fourth-order valence-corrected chi connectivity index (χ4v) is 4.36. The number of amides is 3. The van der Waals surface area contributed by atoms with Crippen LogP contribution in [0.4, 0.5) is 9.18 Å². The third kappa shape index (κ3) is 4.18. The fourth-order valence-electron chi connectivity index (χ4n) is 4.36. The summed E-state index contributed by atoms with van der Waals surface area (Å²) in [6, 6.07) is 16.6. The van der Waals surface area contributed by atoms with Crippen LogP contribution in [0.25, 0.3) is 0 Å². The Balaban J connectivity index is 1.49. The topological polar surface area (TPSA) is 71.4 Å². The van der Waals surface area contributed by atoms with Crippen LogP contribution in [0.15, 0.2) is 60.7 Å². The Bertz CT molecular complexity index is 1220. The molecule has 1 aliphatic rings. The van der Waals surface area contributed by atoms with Gasteiger partial charge in [0.2, 0.25) is 0 Å². The Morgan fingerprint density at radius 3 is 2.36 bits per heavy atom. The zero-order valence-corrected chi connectivity index (χ0v) is 18.9. The molecule has 0 spiro atoms. The lowest BCUT2D eigenvalue weighted by Gasteiger charge is -2.22. The largest absolute Gasteiger partial charge is 0.348 e. The van der Waals surface area contributed by atoms with Crippen molar-refractivity contribution in [3.05, 3.63) is 94.6 Å². The van der Waals surface area contributed by atoms with Gasteiger partial charge in [-0.3, -0.25) is 14.5 Å². The van der Waals surface area contributed by atoms with Gasteiger partial charge < -0.3 is 9.88 Å². The molecule has 0 aliphatic carbocycles. The number of hydrogen-bond donors (Lipinski definition) is 1. The number of Topliss-reactive ketones (excluding diaryl/α,β-unsaturated/α-hetero) is 1. The van der Waals surface area contributed by atoms with Gasteiger partial charge in [-0.25, -0.2) is 9.18 Å². The molecule has 6 nitrogen and oxygen atoms in total. The van der Waals surface area contributed by atoms with Crippen LogP contribution in [0.5, 0.6) is 0 Å². The van der Waals surface area contributed by atoms with Gasteiger partial charge in [-0.1, -0.05) is 42.5 Å². The molecule has 1 N–H and O–H groups in total. The number of aryl methyl sites for hydroxylation is 2. The van der Waals surface area contributed by atoms with E-state index in [0.29, 0.717) is 24.1 Å². The lowest BCUT2D eigenvalue weighted by Crippen LogP contribution is -2.41. The predicted octanol–water partition coefficient (Wildman–Crippen LogP) is 4.14. The molecular formula is C26H26FN3O3. The fraction of sp³-hybridized carbons (Fsp3) is 0.269. The van der Waals surface area contributed by atoms with Crippen LogP contribution in [-0.2, 0) is 23.3 Å². The Hall–Kier alpha value is -3.74. The third-order valence-electron chi connectivity index (χ3n) is 6.34. The molecule has 33 heavy (non-hydrogen) atoms. The maximum absolute atomic E-state index is 13.1. The number of carbonyl (C=O) groups excluding carboxylic acids is 3. The Kier molecular flexibility index (Phi) is 5.89. The average Bonchev–Trinajstić information content (AvgIpc) is 3.21. The van der Waals surface area contributed by atoms with Crippen molar-refractivity contribution in [3.63, 3.8) is 0 Å². The summed E-state index contributed by atoms with van der Waals surface area (Å²) in [7, 11) is 0. The van der Waals surface area contributed by atoms with Crippen LogP contribution in [0.2, 0.25) is 0 Å². The number of halogens is 1. The van der Waals surface area contributed by atoms with Crippen molar-refractivity contribution in [1.82, 2.24) is 14.8 Å². The van der Waals surface area contributed by atoms with Crippen molar-refractivity contribution in [1.29, 1.82) is 0 Å². The number of rotatable bonds is 7. The van der Waals surface area contributed by atoms with Crippen molar-refractivity contribution in [2.75, 3.05) is 6.54 Å². The number of hydrogen-bond acceptors (Lipinski definition) is 3. The van der Waals surface area contributed by atoms with Gasteiger partial charge in [0.1, 0.15) is 11.4 Å². The molecule has 4 rings (SSSR count).